The van der Waals surface area contributed by atoms with Gasteiger partial charge >= 0.3 is 0 Å². The lowest BCUT2D eigenvalue weighted by Crippen LogP contribution is -2.15. The molecule has 0 aliphatic heterocycles. The van der Waals surface area contributed by atoms with Crippen molar-refractivity contribution in [2.75, 3.05) is 11.1 Å². The molecule has 104 valence electrons. The molecule has 2 aromatic carbocycles. The predicted molar refractivity (Wildman–Crippen MR) is 77.9 cm³/mol. The highest BCUT2D eigenvalue weighted by atomic mass is 79.9. The third-order valence-corrected chi connectivity index (χ3v) is 3.45. The molecular weight excluding hydrogens is 354 g/mol. The van der Waals surface area contributed by atoms with Gasteiger partial charge in [-0.2, -0.15) is 0 Å². The van der Waals surface area contributed by atoms with E-state index in [0.717, 1.165) is 6.07 Å². The number of nitrogens with two attached hydrogens (primary N) is 1. The maximum Gasteiger partial charge on any atom is 0.259 e. The molecule has 3 N–H and O–H groups in total. The van der Waals surface area contributed by atoms with Crippen LogP contribution in [0, 0.1) is 11.6 Å². The molecule has 0 aliphatic rings. The van der Waals surface area contributed by atoms with Crippen molar-refractivity contribution in [3.05, 3.63) is 57.0 Å². The van der Waals surface area contributed by atoms with Crippen LogP contribution >= 0.6 is 27.5 Å². The molecule has 2 aromatic rings. The minimum Gasteiger partial charge on any atom is -0.398 e. The third kappa shape index (κ3) is 2.91. The van der Waals surface area contributed by atoms with Gasteiger partial charge in [-0.1, -0.05) is 17.7 Å². The zero-order chi connectivity index (χ0) is 14.9. The van der Waals surface area contributed by atoms with Crippen LogP contribution in [0.15, 0.2) is 34.8 Å². The second-order valence-electron chi connectivity index (χ2n) is 3.90. The standard InChI is InChI=1S/C13H8BrClF2N2O/c14-6-4-11(9(17)5-8(6)16)19-13(20)12-7(15)2-1-3-10(12)18/h1-5H,18H2,(H,19,20). The molecule has 0 unspecified atom stereocenters. The van der Waals surface area contributed by atoms with Crippen LogP contribution in [-0.2, 0) is 0 Å². The molecule has 1 amide bonds. The molecule has 0 atom stereocenters. The van der Waals surface area contributed by atoms with Crippen molar-refractivity contribution in [2.24, 2.45) is 0 Å². The van der Waals surface area contributed by atoms with E-state index >= 15 is 0 Å². The molecule has 0 fully saturated rings. The van der Waals surface area contributed by atoms with E-state index < -0.39 is 17.5 Å². The summed E-state index contributed by atoms with van der Waals surface area (Å²) in [6, 6.07) is 6.36. The van der Waals surface area contributed by atoms with Gasteiger partial charge in [0.25, 0.3) is 5.91 Å². The normalized spacial score (nSPS) is 10.4. The highest BCUT2D eigenvalue weighted by molar-refractivity contribution is 9.10. The first-order valence-corrected chi connectivity index (χ1v) is 6.57. The summed E-state index contributed by atoms with van der Waals surface area (Å²) in [5.41, 5.74) is 5.68. The Bertz CT molecular complexity index is 674. The van der Waals surface area contributed by atoms with Gasteiger partial charge in [0.15, 0.2) is 0 Å². The maximum atomic E-state index is 13.6. The van der Waals surface area contributed by atoms with Gasteiger partial charge in [-0.05, 0) is 34.1 Å². The number of rotatable bonds is 2. The molecule has 0 bridgehead atoms. The summed E-state index contributed by atoms with van der Waals surface area (Å²) < 4.78 is 26.7. The summed E-state index contributed by atoms with van der Waals surface area (Å²) >= 11 is 8.79. The highest BCUT2D eigenvalue weighted by Crippen LogP contribution is 2.26. The molecular formula is C13H8BrClF2N2O. The molecule has 7 heteroatoms. The van der Waals surface area contributed by atoms with Crippen molar-refractivity contribution in [3.8, 4) is 0 Å². The second-order valence-corrected chi connectivity index (χ2v) is 5.17. The fraction of sp³-hybridized carbons (Fsp3) is 0. The van der Waals surface area contributed by atoms with Crippen molar-refractivity contribution in [3.63, 3.8) is 0 Å². The number of nitrogens with one attached hydrogen (secondary N) is 1. The van der Waals surface area contributed by atoms with Gasteiger partial charge in [-0.3, -0.25) is 4.79 Å². The average molecular weight is 362 g/mol. The van der Waals surface area contributed by atoms with Crippen LogP contribution in [0.3, 0.4) is 0 Å². The van der Waals surface area contributed by atoms with E-state index in [-0.39, 0.29) is 26.4 Å². The third-order valence-electron chi connectivity index (χ3n) is 2.53. The number of carbonyl (C=O) groups is 1. The Morgan fingerprint density at radius 2 is 1.95 bits per heavy atom. The Kier molecular flexibility index (Phi) is 4.25. The Morgan fingerprint density at radius 1 is 1.25 bits per heavy atom. The van der Waals surface area contributed by atoms with E-state index in [1.807, 2.05) is 0 Å². The summed E-state index contributed by atoms with van der Waals surface area (Å²) in [5.74, 6) is -2.34. The van der Waals surface area contributed by atoms with Crippen molar-refractivity contribution in [1.82, 2.24) is 0 Å². The largest absolute Gasteiger partial charge is 0.398 e. The lowest BCUT2D eigenvalue weighted by atomic mass is 10.1. The van der Waals surface area contributed by atoms with Gasteiger partial charge in [0.2, 0.25) is 0 Å². The maximum absolute atomic E-state index is 13.6. The number of benzene rings is 2. The monoisotopic (exact) mass is 360 g/mol. The lowest BCUT2D eigenvalue weighted by Gasteiger charge is -2.10. The zero-order valence-corrected chi connectivity index (χ0v) is 12.2. The number of amides is 1. The smallest absolute Gasteiger partial charge is 0.259 e. The SMILES string of the molecule is Nc1cccc(Cl)c1C(=O)Nc1cc(Br)c(F)cc1F. The van der Waals surface area contributed by atoms with Crippen molar-refractivity contribution in [1.29, 1.82) is 0 Å². The fourth-order valence-corrected chi connectivity index (χ4v) is 2.19. The molecule has 0 radical (unpaired) electrons. The quantitative estimate of drug-likeness (QED) is 0.622. The summed E-state index contributed by atoms with van der Waals surface area (Å²) in [5, 5.41) is 2.44. The van der Waals surface area contributed by atoms with Crippen LogP contribution < -0.4 is 11.1 Å². The van der Waals surface area contributed by atoms with Gasteiger partial charge in [-0.15, -0.1) is 0 Å². The number of nitrogen functional groups attached to an aromatic ring is 1. The van der Waals surface area contributed by atoms with Crippen LogP contribution in [0.5, 0.6) is 0 Å². The Labute approximate surface area is 126 Å². The molecule has 0 aromatic heterocycles. The average Bonchev–Trinajstić information content (AvgIpc) is 2.35. The van der Waals surface area contributed by atoms with Crippen LogP contribution in [0.1, 0.15) is 10.4 Å². The number of halogens is 4. The molecule has 0 aliphatic carbocycles. The second kappa shape index (κ2) is 5.76. The molecule has 0 saturated heterocycles. The summed E-state index contributed by atoms with van der Waals surface area (Å²) in [6.07, 6.45) is 0. The minimum absolute atomic E-state index is 0.0290. The fourth-order valence-electron chi connectivity index (χ4n) is 1.58. The van der Waals surface area contributed by atoms with Crippen LogP contribution in [0.2, 0.25) is 5.02 Å². The summed E-state index contributed by atoms with van der Waals surface area (Å²) in [7, 11) is 0. The van der Waals surface area contributed by atoms with Crippen LogP contribution in [0.25, 0.3) is 0 Å². The first-order valence-electron chi connectivity index (χ1n) is 5.40. The molecule has 0 saturated carbocycles. The van der Waals surface area contributed by atoms with Crippen LogP contribution in [-0.4, -0.2) is 5.91 Å². The molecule has 0 heterocycles. The minimum atomic E-state index is -0.898. The van der Waals surface area contributed by atoms with Crippen molar-refractivity contribution >= 4 is 44.8 Å². The molecule has 20 heavy (non-hydrogen) atoms. The van der Waals surface area contributed by atoms with E-state index in [9.17, 15) is 13.6 Å². The van der Waals surface area contributed by atoms with E-state index in [1.165, 1.54) is 12.1 Å². The van der Waals surface area contributed by atoms with E-state index in [0.29, 0.717) is 6.07 Å². The molecule has 2 rings (SSSR count). The van der Waals surface area contributed by atoms with E-state index in [4.69, 9.17) is 17.3 Å². The topological polar surface area (TPSA) is 55.1 Å². The number of hydrogen-bond donors (Lipinski definition) is 2. The Morgan fingerprint density at radius 3 is 2.60 bits per heavy atom. The number of hydrogen-bond acceptors (Lipinski definition) is 2. The van der Waals surface area contributed by atoms with Gasteiger partial charge in [0.05, 0.1) is 20.7 Å². The van der Waals surface area contributed by atoms with Gasteiger partial charge in [0.1, 0.15) is 11.6 Å². The van der Waals surface area contributed by atoms with Gasteiger partial charge in [-0.25, -0.2) is 8.78 Å². The van der Waals surface area contributed by atoms with Gasteiger partial charge < -0.3 is 11.1 Å². The van der Waals surface area contributed by atoms with E-state index in [1.54, 1.807) is 6.07 Å². The summed E-state index contributed by atoms with van der Waals surface area (Å²) in [6.45, 7) is 0. The van der Waals surface area contributed by atoms with E-state index in [2.05, 4.69) is 21.2 Å². The molecule has 0 spiro atoms. The van der Waals surface area contributed by atoms with Gasteiger partial charge in [0, 0.05) is 11.8 Å². The highest BCUT2D eigenvalue weighted by Gasteiger charge is 2.16. The Hall–Kier alpha value is -1.66. The van der Waals surface area contributed by atoms with Crippen molar-refractivity contribution in [2.45, 2.75) is 0 Å². The van der Waals surface area contributed by atoms with Crippen LogP contribution in [0.4, 0.5) is 20.2 Å². The zero-order valence-electron chi connectivity index (χ0n) is 9.88. The number of anilines is 2. The molecule has 3 nitrogen and oxygen atoms in total. The summed E-state index contributed by atoms with van der Waals surface area (Å²) in [4.78, 5) is 12.1. The number of carbonyl (C=O) groups excluding carboxylic acids is 1. The van der Waals surface area contributed by atoms with Crippen molar-refractivity contribution < 1.29 is 13.6 Å². The first kappa shape index (κ1) is 14.7. The predicted octanol–water partition coefficient (Wildman–Crippen LogP) is 4.22. The Balaban J connectivity index is 2.35. The first-order chi connectivity index (χ1) is 9.40. The lowest BCUT2D eigenvalue weighted by molar-refractivity contribution is 0.102.